The van der Waals surface area contributed by atoms with E-state index < -0.39 is 6.10 Å². The third-order valence-electron chi connectivity index (χ3n) is 1.18. The third kappa shape index (κ3) is 3.89. The van der Waals surface area contributed by atoms with E-state index in [1.54, 1.807) is 0 Å². The highest BCUT2D eigenvalue weighted by Crippen LogP contribution is 2.09. The van der Waals surface area contributed by atoms with Gasteiger partial charge in [-0.2, -0.15) is 0 Å². The molecule has 56 valence electrons. The lowest BCUT2D eigenvalue weighted by Crippen LogP contribution is -2.23. The molecule has 2 N–H and O–H groups in total. The number of rotatable bonds is 4. The van der Waals surface area contributed by atoms with Crippen molar-refractivity contribution < 1.29 is 10.2 Å². The predicted molar refractivity (Wildman–Crippen MR) is 40.7 cm³/mol. The summed E-state index contributed by atoms with van der Waals surface area (Å²) < 4.78 is 0. The van der Waals surface area contributed by atoms with Gasteiger partial charge in [0.15, 0.2) is 0 Å². The van der Waals surface area contributed by atoms with E-state index in [9.17, 15) is 0 Å². The van der Waals surface area contributed by atoms with E-state index in [1.165, 1.54) is 0 Å². The van der Waals surface area contributed by atoms with Crippen molar-refractivity contribution in [2.75, 3.05) is 6.61 Å². The van der Waals surface area contributed by atoms with Crippen molar-refractivity contribution in [3.63, 3.8) is 0 Å². The Morgan fingerprint density at radius 3 is 2.44 bits per heavy atom. The van der Waals surface area contributed by atoms with Crippen LogP contribution >= 0.6 is 15.9 Å². The molecule has 0 aromatic heterocycles. The zero-order chi connectivity index (χ0) is 7.28. The van der Waals surface area contributed by atoms with Gasteiger partial charge in [-0.25, -0.2) is 0 Å². The smallest absolute Gasteiger partial charge is 0.0687 e. The molecule has 0 saturated heterocycles. The average molecular weight is 197 g/mol. The van der Waals surface area contributed by atoms with Crippen molar-refractivity contribution in [2.24, 2.45) is 0 Å². The first kappa shape index (κ1) is 9.40. The molecule has 0 bridgehead atoms. The van der Waals surface area contributed by atoms with Gasteiger partial charge in [0.25, 0.3) is 0 Å². The van der Waals surface area contributed by atoms with Crippen LogP contribution in [-0.4, -0.2) is 27.8 Å². The fraction of sp³-hybridized carbons (Fsp3) is 1.00. The van der Waals surface area contributed by atoms with Crippen molar-refractivity contribution in [1.82, 2.24) is 0 Å². The van der Waals surface area contributed by atoms with Crippen LogP contribution in [-0.2, 0) is 0 Å². The summed E-state index contributed by atoms with van der Waals surface area (Å²) in [6, 6.07) is 0. The first-order valence-electron chi connectivity index (χ1n) is 3.15. The van der Waals surface area contributed by atoms with E-state index >= 15 is 0 Å². The summed E-state index contributed by atoms with van der Waals surface area (Å²) in [7, 11) is 0. The second-order valence-corrected chi connectivity index (χ2v) is 3.23. The van der Waals surface area contributed by atoms with Gasteiger partial charge in [-0.05, 0) is 6.42 Å². The van der Waals surface area contributed by atoms with E-state index in [0.29, 0.717) is 0 Å². The van der Waals surface area contributed by atoms with Crippen molar-refractivity contribution in [3.05, 3.63) is 0 Å². The van der Waals surface area contributed by atoms with Crippen LogP contribution in [0.4, 0.5) is 0 Å². The van der Waals surface area contributed by atoms with Crippen LogP contribution in [0.3, 0.4) is 0 Å². The molecule has 0 radical (unpaired) electrons. The Kier molecular flexibility index (Phi) is 5.44. The topological polar surface area (TPSA) is 40.5 Å². The summed E-state index contributed by atoms with van der Waals surface area (Å²) in [5.41, 5.74) is 0. The Morgan fingerprint density at radius 1 is 1.56 bits per heavy atom. The maximum atomic E-state index is 9.11. The SMILES string of the molecule is CCC[C@H](O)[C@H](Br)CO. The molecular formula is C6H13BrO2. The Balaban J connectivity index is 3.32. The average Bonchev–Trinajstić information content (AvgIpc) is 1.87. The zero-order valence-corrected chi connectivity index (χ0v) is 7.13. The molecule has 0 aliphatic carbocycles. The predicted octanol–water partition coefficient (Wildman–Crippen LogP) is 0.903. The molecule has 0 rings (SSSR count). The highest BCUT2D eigenvalue weighted by molar-refractivity contribution is 9.09. The zero-order valence-electron chi connectivity index (χ0n) is 5.55. The number of hydrogen-bond donors (Lipinski definition) is 2. The lowest BCUT2D eigenvalue weighted by Gasteiger charge is -2.12. The minimum atomic E-state index is -0.403. The van der Waals surface area contributed by atoms with Crippen molar-refractivity contribution >= 4 is 15.9 Å². The van der Waals surface area contributed by atoms with Crippen LogP contribution in [0.2, 0.25) is 0 Å². The molecule has 0 aromatic carbocycles. The molecule has 0 fully saturated rings. The standard InChI is InChI=1S/C6H13BrO2/c1-2-3-6(9)5(7)4-8/h5-6,8-9H,2-4H2,1H3/t5-,6+/m1/s1. The number of aliphatic hydroxyl groups is 2. The van der Waals surface area contributed by atoms with Crippen LogP contribution < -0.4 is 0 Å². The summed E-state index contributed by atoms with van der Waals surface area (Å²) in [6.45, 7) is 2.00. The van der Waals surface area contributed by atoms with Crippen molar-refractivity contribution in [2.45, 2.75) is 30.7 Å². The van der Waals surface area contributed by atoms with E-state index in [2.05, 4.69) is 15.9 Å². The summed E-state index contributed by atoms with van der Waals surface area (Å²) in [4.78, 5) is -0.155. The van der Waals surface area contributed by atoms with E-state index in [1.807, 2.05) is 6.92 Å². The van der Waals surface area contributed by atoms with E-state index in [-0.39, 0.29) is 11.4 Å². The van der Waals surface area contributed by atoms with Crippen LogP contribution in [0.15, 0.2) is 0 Å². The molecule has 2 atom stereocenters. The highest BCUT2D eigenvalue weighted by atomic mass is 79.9. The molecule has 0 spiro atoms. The maximum Gasteiger partial charge on any atom is 0.0687 e. The fourth-order valence-electron chi connectivity index (χ4n) is 0.598. The number of alkyl halides is 1. The lowest BCUT2D eigenvalue weighted by molar-refractivity contribution is 0.134. The van der Waals surface area contributed by atoms with Gasteiger partial charge in [0.1, 0.15) is 0 Å². The van der Waals surface area contributed by atoms with Gasteiger partial charge in [0.2, 0.25) is 0 Å². The van der Waals surface area contributed by atoms with Gasteiger partial charge in [-0.15, -0.1) is 0 Å². The first-order valence-corrected chi connectivity index (χ1v) is 4.07. The molecule has 0 saturated carbocycles. The number of hydrogen-bond acceptors (Lipinski definition) is 2. The molecule has 0 aromatic rings. The minimum absolute atomic E-state index is 0.00116. The second kappa shape index (κ2) is 5.21. The lowest BCUT2D eigenvalue weighted by atomic mass is 10.1. The largest absolute Gasteiger partial charge is 0.395 e. The fourth-order valence-corrected chi connectivity index (χ4v) is 0.863. The Hall–Kier alpha value is 0.400. The second-order valence-electron chi connectivity index (χ2n) is 2.05. The van der Waals surface area contributed by atoms with E-state index in [4.69, 9.17) is 10.2 Å². The minimum Gasteiger partial charge on any atom is -0.395 e. The van der Waals surface area contributed by atoms with Gasteiger partial charge < -0.3 is 10.2 Å². The van der Waals surface area contributed by atoms with Gasteiger partial charge in [-0.3, -0.25) is 0 Å². The van der Waals surface area contributed by atoms with Gasteiger partial charge in [-0.1, -0.05) is 29.3 Å². The molecule has 0 amide bonds. The Morgan fingerprint density at radius 2 is 2.11 bits per heavy atom. The van der Waals surface area contributed by atoms with E-state index in [0.717, 1.165) is 12.8 Å². The van der Waals surface area contributed by atoms with Crippen LogP contribution in [0, 0.1) is 0 Å². The van der Waals surface area contributed by atoms with Crippen LogP contribution in [0.1, 0.15) is 19.8 Å². The number of aliphatic hydroxyl groups excluding tert-OH is 2. The molecule has 0 unspecified atom stereocenters. The Labute approximate surface area is 64.0 Å². The normalized spacial score (nSPS) is 17.3. The highest BCUT2D eigenvalue weighted by Gasteiger charge is 2.12. The summed E-state index contributed by atoms with van der Waals surface area (Å²) in [5.74, 6) is 0. The molecule has 0 heterocycles. The summed E-state index contributed by atoms with van der Waals surface area (Å²) >= 11 is 3.14. The molecule has 2 nitrogen and oxygen atoms in total. The summed E-state index contributed by atoms with van der Waals surface area (Å²) in [5, 5.41) is 17.6. The molecule has 0 aliphatic heterocycles. The van der Waals surface area contributed by atoms with Crippen molar-refractivity contribution in [3.8, 4) is 0 Å². The molecule has 0 aliphatic rings. The monoisotopic (exact) mass is 196 g/mol. The van der Waals surface area contributed by atoms with Gasteiger partial charge in [0, 0.05) is 0 Å². The quantitative estimate of drug-likeness (QED) is 0.657. The van der Waals surface area contributed by atoms with Crippen molar-refractivity contribution in [1.29, 1.82) is 0 Å². The van der Waals surface area contributed by atoms with Gasteiger partial charge in [0.05, 0.1) is 17.5 Å². The number of halogens is 1. The maximum absolute atomic E-state index is 9.11. The first-order chi connectivity index (χ1) is 4.22. The van der Waals surface area contributed by atoms with Crippen LogP contribution in [0.25, 0.3) is 0 Å². The van der Waals surface area contributed by atoms with Gasteiger partial charge >= 0.3 is 0 Å². The molecular weight excluding hydrogens is 184 g/mol. The molecule has 3 heteroatoms. The van der Waals surface area contributed by atoms with Crippen LogP contribution in [0.5, 0.6) is 0 Å². The molecule has 9 heavy (non-hydrogen) atoms. The Bertz CT molecular complexity index is 68.1. The summed E-state index contributed by atoms with van der Waals surface area (Å²) in [6.07, 6.45) is 1.29. The third-order valence-corrected chi connectivity index (χ3v) is 2.08.